The third-order valence-corrected chi connectivity index (χ3v) is 6.47. The van der Waals surface area contributed by atoms with E-state index in [9.17, 15) is 17.2 Å². The van der Waals surface area contributed by atoms with Crippen molar-refractivity contribution >= 4 is 21.6 Å². The summed E-state index contributed by atoms with van der Waals surface area (Å²) in [5.41, 5.74) is 0.303. The lowest BCUT2D eigenvalue weighted by molar-refractivity contribution is -0.0342. The summed E-state index contributed by atoms with van der Waals surface area (Å²) in [6.45, 7) is 3.27. The molecule has 0 amide bonds. The molecule has 2 unspecified atom stereocenters. The molecule has 0 aromatic heterocycles. The van der Waals surface area contributed by atoms with Crippen LogP contribution in [0.5, 0.6) is 0 Å². The van der Waals surface area contributed by atoms with Crippen LogP contribution in [-0.4, -0.2) is 45.7 Å². The zero-order chi connectivity index (χ0) is 21.0. The van der Waals surface area contributed by atoms with Crippen LogP contribution in [0, 0.1) is 11.6 Å². The lowest BCUT2D eigenvalue weighted by atomic mass is 10.0. The van der Waals surface area contributed by atoms with Crippen LogP contribution in [0.25, 0.3) is 0 Å². The molecule has 1 fully saturated rings. The molecule has 29 heavy (non-hydrogen) atoms. The Morgan fingerprint density at radius 1 is 1.21 bits per heavy atom. The zero-order valence-corrected chi connectivity index (χ0v) is 17.5. The van der Waals surface area contributed by atoms with Gasteiger partial charge < -0.3 is 4.74 Å². The van der Waals surface area contributed by atoms with Gasteiger partial charge in [0, 0.05) is 35.8 Å². The molecule has 0 bridgehead atoms. The van der Waals surface area contributed by atoms with Gasteiger partial charge in [0.05, 0.1) is 24.5 Å². The molecule has 0 aliphatic carbocycles. The maximum Gasteiger partial charge on any atom is 0.215 e. The first kappa shape index (κ1) is 22.1. The molecule has 5 nitrogen and oxygen atoms in total. The van der Waals surface area contributed by atoms with Gasteiger partial charge in [-0.25, -0.2) is 21.9 Å². The van der Waals surface area contributed by atoms with Gasteiger partial charge in [-0.1, -0.05) is 35.9 Å². The fourth-order valence-electron chi connectivity index (χ4n) is 3.45. The quantitative estimate of drug-likeness (QED) is 0.710. The summed E-state index contributed by atoms with van der Waals surface area (Å²) in [7, 11) is -3.85. The van der Waals surface area contributed by atoms with Crippen molar-refractivity contribution in [2.24, 2.45) is 0 Å². The third-order valence-electron chi connectivity index (χ3n) is 4.85. The monoisotopic (exact) mass is 444 g/mol. The summed E-state index contributed by atoms with van der Waals surface area (Å²) >= 11 is 6.26. The maximum atomic E-state index is 14.6. The van der Waals surface area contributed by atoms with Gasteiger partial charge in [0.15, 0.2) is 0 Å². The minimum Gasteiger partial charge on any atom is -0.376 e. The zero-order valence-electron chi connectivity index (χ0n) is 15.9. The topological polar surface area (TPSA) is 58.6 Å². The molecular formula is C20H23ClF2N2O3S. The van der Waals surface area contributed by atoms with E-state index in [4.69, 9.17) is 16.3 Å². The first-order valence-electron chi connectivity index (χ1n) is 9.27. The molecule has 1 saturated heterocycles. The van der Waals surface area contributed by atoms with Crippen LogP contribution in [0.3, 0.4) is 0 Å². The van der Waals surface area contributed by atoms with Gasteiger partial charge in [-0.3, -0.25) is 4.90 Å². The average Bonchev–Trinajstić information content (AvgIpc) is 2.66. The molecule has 1 aliphatic rings. The minimum absolute atomic E-state index is 0.0699. The van der Waals surface area contributed by atoms with Crippen molar-refractivity contribution in [3.8, 4) is 0 Å². The van der Waals surface area contributed by atoms with Crippen molar-refractivity contribution in [3.63, 3.8) is 0 Å². The van der Waals surface area contributed by atoms with E-state index in [0.29, 0.717) is 19.7 Å². The third kappa shape index (κ3) is 5.73. The van der Waals surface area contributed by atoms with E-state index in [0.717, 1.165) is 0 Å². The first-order chi connectivity index (χ1) is 13.8. The van der Waals surface area contributed by atoms with Gasteiger partial charge >= 0.3 is 0 Å². The van der Waals surface area contributed by atoms with Crippen LogP contribution in [-0.2, 0) is 20.5 Å². The smallest absolute Gasteiger partial charge is 0.215 e. The van der Waals surface area contributed by atoms with E-state index < -0.39 is 33.5 Å². The lowest BCUT2D eigenvalue weighted by Crippen LogP contribution is -2.47. The van der Waals surface area contributed by atoms with Crippen LogP contribution in [0.4, 0.5) is 8.78 Å². The van der Waals surface area contributed by atoms with E-state index in [2.05, 4.69) is 4.72 Å². The van der Waals surface area contributed by atoms with E-state index in [1.165, 1.54) is 30.3 Å². The van der Waals surface area contributed by atoms with Crippen molar-refractivity contribution in [2.45, 2.75) is 24.8 Å². The molecule has 0 radical (unpaired) electrons. The Bertz CT molecular complexity index is 938. The highest BCUT2D eigenvalue weighted by Gasteiger charge is 2.30. The Morgan fingerprint density at radius 2 is 1.93 bits per heavy atom. The number of hydrogen-bond acceptors (Lipinski definition) is 4. The summed E-state index contributed by atoms with van der Waals surface area (Å²) in [5.74, 6) is -1.60. The number of nitrogens with zero attached hydrogens (tertiary/aromatic N) is 1. The number of benzene rings is 2. The molecular weight excluding hydrogens is 422 g/mol. The predicted molar refractivity (Wildman–Crippen MR) is 108 cm³/mol. The van der Waals surface area contributed by atoms with Crippen LogP contribution >= 0.6 is 11.6 Å². The predicted octanol–water partition coefficient (Wildman–Crippen LogP) is 3.50. The van der Waals surface area contributed by atoms with Crippen LogP contribution < -0.4 is 4.72 Å². The molecule has 1 heterocycles. The standard InChI is InChI=1S/C20H23ClF2N2O3S/c1-14-12-25(9-10-28-14)19(20-16(21)6-4-8-18(20)23)11-24-29(26,27)13-15-5-2-3-7-17(15)22/h2-8,14,19,24H,9-13H2,1H3. The van der Waals surface area contributed by atoms with E-state index in [-0.39, 0.29) is 28.8 Å². The van der Waals surface area contributed by atoms with E-state index >= 15 is 0 Å². The summed E-state index contributed by atoms with van der Waals surface area (Å²) in [4.78, 5) is 1.95. The summed E-state index contributed by atoms with van der Waals surface area (Å²) < 4.78 is 61.6. The number of rotatable bonds is 7. The molecule has 2 aromatic rings. The van der Waals surface area contributed by atoms with Crippen molar-refractivity contribution in [1.82, 2.24) is 9.62 Å². The summed E-state index contributed by atoms with van der Waals surface area (Å²) in [6.07, 6.45) is -0.0770. The fraction of sp³-hybridized carbons (Fsp3) is 0.400. The maximum absolute atomic E-state index is 14.6. The van der Waals surface area contributed by atoms with E-state index in [1.54, 1.807) is 12.1 Å². The van der Waals surface area contributed by atoms with Gasteiger partial charge in [-0.2, -0.15) is 0 Å². The first-order valence-corrected chi connectivity index (χ1v) is 11.3. The highest BCUT2D eigenvalue weighted by Crippen LogP contribution is 2.31. The Balaban J connectivity index is 1.82. The van der Waals surface area contributed by atoms with Crippen molar-refractivity contribution in [2.75, 3.05) is 26.2 Å². The van der Waals surface area contributed by atoms with Crippen LogP contribution in [0.15, 0.2) is 42.5 Å². The number of hydrogen-bond donors (Lipinski definition) is 1. The molecule has 0 saturated carbocycles. The van der Waals surface area contributed by atoms with Gasteiger partial charge in [0.25, 0.3) is 0 Å². The van der Waals surface area contributed by atoms with Crippen molar-refractivity contribution < 1.29 is 21.9 Å². The van der Waals surface area contributed by atoms with Gasteiger partial charge in [0.1, 0.15) is 11.6 Å². The van der Waals surface area contributed by atoms with Crippen molar-refractivity contribution in [3.05, 3.63) is 70.2 Å². The van der Waals surface area contributed by atoms with Gasteiger partial charge in [0.2, 0.25) is 10.0 Å². The molecule has 1 N–H and O–H groups in total. The molecule has 9 heteroatoms. The lowest BCUT2D eigenvalue weighted by Gasteiger charge is -2.38. The highest BCUT2D eigenvalue weighted by molar-refractivity contribution is 7.88. The number of nitrogens with one attached hydrogen (secondary N) is 1. The molecule has 3 rings (SSSR count). The number of morpholine rings is 1. The number of ether oxygens (including phenoxy) is 1. The molecule has 158 valence electrons. The fourth-order valence-corrected chi connectivity index (χ4v) is 4.89. The number of sulfonamides is 1. The molecule has 1 aliphatic heterocycles. The molecule has 0 spiro atoms. The van der Waals surface area contributed by atoms with Gasteiger partial charge in [-0.15, -0.1) is 0 Å². The number of halogens is 3. The Labute approximate surface area is 174 Å². The highest BCUT2D eigenvalue weighted by atomic mass is 35.5. The van der Waals surface area contributed by atoms with Crippen LogP contribution in [0.1, 0.15) is 24.1 Å². The van der Waals surface area contributed by atoms with Crippen LogP contribution in [0.2, 0.25) is 5.02 Å². The second-order valence-corrected chi connectivity index (χ2v) is 9.24. The molecule has 2 atom stereocenters. The second-order valence-electron chi connectivity index (χ2n) is 7.03. The van der Waals surface area contributed by atoms with Gasteiger partial charge in [-0.05, 0) is 25.1 Å². The summed E-state index contributed by atoms with van der Waals surface area (Å²) in [5, 5.41) is 0.224. The van der Waals surface area contributed by atoms with E-state index in [1.807, 2.05) is 11.8 Å². The minimum atomic E-state index is -3.85. The normalized spacial score (nSPS) is 19.2. The molecule has 2 aromatic carbocycles. The Morgan fingerprint density at radius 3 is 2.62 bits per heavy atom. The Kier molecular flexibility index (Phi) is 7.23. The summed E-state index contributed by atoms with van der Waals surface area (Å²) in [6, 6.07) is 9.45. The average molecular weight is 445 g/mol. The largest absolute Gasteiger partial charge is 0.376 e. The van der Waals surface area contributed by atoms with Crippen molar-refractivity contribution in [1.29, 1.82) is 0 Å². The SMILES string of the molecule is CC1CN(C(CNS(=O)(=O)Cc2ccccc2F)c2c(F)cccc2Cl)CCO1. The Hall–Kier alpha value is -1.58. The second kappa shape index (κ2) is 9.49.